The minimum Gasteiger partial charge on any atom is -0.477 e. The van der Waals surface area contributed by atoms with Crippen LogP contribution in [0, 0.1) is 0 Å². The zero-order chi connectivity index (χ0) is 16.4. The topological polar surface area (TPSA) is 95.1 Å². The van der Waals surface area contributed by atoms with Gasteiger partial charge in [-0.2, -0.15) is 0 Å². The highest BCUT2D eigenvalue weighted by atomic mass is 35.5. The van der Waals surface area contributed by atoms with Crippen LogP contribution in [0.5, 0.6) is 0 Å². The van der Waals surface area contributed by atoms with Gasteiger partial charge >= 0.3 is 5.97 Å². The first-order chi connectivity index (χ1) is 11.0. The van der Waals surface area contributed by atoms with E-state index >= 15 is 0 Å². The minimum absolute atomic E-state index is 0.316. The van der Waals surface area contributed by atoms with Crippen molar-refractivity contribution in [3.05, 3.63) is 69.1 Å². The fourth-order valence-electron chi connectivity index (χ4n) is 2.31. The van der Waals surface area contributed by atoms with E-state index in [4.69, 9.17) is 16.7 Å². The summed E-state index contributed by atoms with van der Waals surface area (Å²) in [5, 5.41) is 13.2. The van der Waals surface area contributed by atoms with Crippen LogP contribution < -0.4 is 10.9 Å². The number of benzene rings is 1. The summed E-state index contributed by atoms with van der Waals surface area (Å²) < 4.78 is 0. The lowest BCUT2D eigenvalue weighted by Crippen LogP contribution is -2.17. The zero-order valence-corrected chi connectivity index (χ0v) is 12.6. The van der Waals surface area contributed by atoms with E-state index in [1.165, 1.54) is 6.07 Å². The lowest BCUT2D eigenvalue weighted by atomic mass is 10.1. The number of halogens is 1. The third-order valence-corrected chi connectivity index (χ3v) is 3.57. The Bertz CT molecular complexity index is 938. The highest BCUT2D eigenvalue weighted by Gasteiger charge is 2.12. The summed E-state index contributed by atoms with van der Waals surface area (Å²) >= 11 is 6.09. The minimum atomic E-state index is -1.28. The van der Waals surface area contributed by atoms with Gasteiger partial charge in [-0.15, -0.1) is 0 Å². The maximum atomic E-state index is 11.9. The highest BCUT2D eigenvalue weighted by Crippen LogP contribution is 2.23. The van der Waals surface area contributed by atoms with Crippen molar-refractivity contribution in [3.8, 4) is 0 Å². The number of pyridine rings is 2. The van der Waals surface area contributed by atoms with Gasteiger partial charge in [0.05, 0.1) is 5.52 Å². The maximum absolute atomic E-state index is 11.9. The van der Waals surface area contributed by atoms with Crippen LogP contribution in [0.2, 0.25) is 5.02 Å². The Morgan fingerprint density at radius 1 is 1.30 bits per heavy atom. The molecule has 0 aliphatic heterocycles. The van der Waals surface area contributed by atoms with Gasteiger partial charge in [0.2, 0.25) is 0 Å². The normalized spacial score (nSPS) is 10.7. The molecule has 0 aliphatic carbocycles. The number of aromatic carboxylic acids is 1. The lowest BCUT2D eigenvalue weighted by Gasteiger charge is -2.10. The number of hydrogen-bond donors (Lipinski definition) is 3. The Balaban J connectivity index is 2.04. The van der Waals surface area contributed by atoms with Crippen LogP contribution in [0.3, 0.4) is 0 Å². The number of nitrogens with zero attached hydrogens (tertiary/aromatic N) is 1. The third-order valence-electron chi connectivity index (χ3n) is 3.35. The fourth-order valence-corrected chi connectivity index (χ4v) is 2.56. The molecular weight excluding hydrogens is 318 g/mol. The first kappa shape index (κ1) is 15.1. The quantitative estimate of drug-likeness (QED) is 0.684. The van der Waals surface area contributed by atoms with Crippen molar-refractivity contribution in [2.45, 2.75) is 6.54 Å². The average Bonchev–Trinajstić information content (AvgIpc) is 2.53. The Morgan fingerprint density at radius 2 is 2.13 bits per heavy atom. The number of carboxylic acids is 1. The predicted octanol–water partition coefficient (Wildman–Crippen LogP) is 2.89. The SMILES string of the molecule is O=C(O)c1cc2cc(Cl)cc(CNc3ccccn3)c2[nH]c1=O. The number of aromatic amines is 1. The molecule has 0 atom stereocenters. The van der Waals surface area contributed by atoms with Crippen molar-refractivity contribution in [2.24, 2.45) is 0 Å². The summed E-state index contributed by atoms with van der Waals surface area (Å²) in [4.78, 5) is 29.7. The molecule has 0 amide bonds. The number of carbonyl (C=O) groups is 1. The lowest BCUT2D eigenvalue weighted by molar-refractivity contribution is 0.0695. The third kappa shape index (κ3) is 3.17. The smallest absolute Gasteiger partial charge is 0.341 e. The Kier molecular flexibility index (Phi) is 3.99. The van der Waals surface area contributed by atoms with Crippen LogP contribution in [-0.4, -0.2) is 21.0 Å². The standard InChI is InChI=1S/C16H12ClN3O3/c17-11-5-9-7-12(16(22)23)15(21)20-14(9)10(6-11)8-19-13-3-1-2-4-18-13/h1-7H,8H2,(H,18,19)(H,20,21)(H,22,23). The summed E-state index contributed by atoms with van der Waals surface area (Å²) in [5.74, 6) is -0.591. The van der Waals surface area contributed by atoms with Crippen molar-refractivity contribution in [1.29, 1.82) is 0 Å². The second-order valence-electron chi connectivity index (χ2n) is 4.91. The van der Waals surface area contributed by atoms with Crippen LogP contribution >= 0.6 is 11.6 Å². The largest absolute Gasteiger partial charge is 0.477 e. The number of H-pyrrole nitrogens is 1. The van der Waals surface area contributed by atoms with Crippen LogP contribution in [0.4, 0.5) is 5.82 Å². The number of rotatable bonds is 4. The van der Waals surface area contributed by atoms with Crippen molar-refractivity contribution in [3.63, 3.8) is 0 Å². The van der Waals surface area contributed by atoms with Crippen molar-refractivity contribution < 1.29 is 9.90 Å². The summed E-state index contributed by atoms with van der Waals surface area (Å²) in [6, 6.07) is 10.1. The van der Waals surface area contributed by atoms with Crippen LogP contribution in [-0.2, 0) is 6.54 Å². The van der Waals surface area contributed by atoms with E-state index in [0.717, 1.165) is 5.56 Å². The second kappa shape index (κ2) is 6.10. The Labute approximate surface area is 135 Å². The van der Waals surface area contributed by atoms with Gasteiger partial charge in [0.25, 0.3) is 5.56 Å². The van der Waals surface area contributed by atoms with Crippen LogP contribution in [0.1, 0.15) is 15.9 Å². The molecule has 3 N–H and O–H groups in total. The van der Waals surface area contributed by atoms with Gasteiger partial charge in [0.15, 0.2) is 0 Å². The highest BCUT2D eigenvalue weighted by molar-refractivity contribution is 6.31. The molecule has 0 unspecified atom stereocenters. The molecule has 2 aromatic heterocycles. The molecule has 116 valence electrons. The summed E-state index contributed by atoms with van der Waals surface area (Å²) in [5.41, 5.74) is 0.329. The number of nitrogens with one attached hydrogen (secondary N) is 2. The molecule has 23 heavy (non-hydrogen) atoms. The average molecular weight is 330 g/mol. The summed E-state index contributed by atoms with van der Waals surface area (Å²) in [6.07, 6.45) is 1.67. The Hall–Kier alpha value is -2.86. The maximum Gasteiger partial charge on any atom is 0.341 e. The van der Waals surface area contributed by atoms with Crippen molar-refractivity contribution >= 4 is 34.3 Å². The van der Waals surface area contributed by atoms with E-state index in [2.05, 4.69) is 15.3 Å². The van der Waals surface area contributed by atoms with Gasteiger partial charge in [0, 0.05) is 23.2 Å². The molecular formula is C16H12ClN3O3. The molecule has 6 nitrogen and oxygen atoms in total. The molecule has 3 rings (SSSR count). The molecule has 2 heterocycles. The number of hydrogen-bond acceptors (Lipinski definition) is 4. The van der Waals surface area contributed by atoms with Gasteiger partial charge in [-0.05, 0) is 35.9 Å². The predicted molar refractivity (Wildman–Crippen MR) is 88.1 cm³/mol. The number of carboxylic acid groups (broad SMARTS) is 1. The molecule has 0 saturated heterocycles. The molecule has 0 radical (unpaired) electrons. The van der Waals surface area contributed by atoms with Gasteiger partial charge in [-0.1, -0.05) is 17.7 Å². The van der Waals surface area contributed by atoms with E-state index in [-0.39, 0.29) is 5.56 Å². The van der Waals surface area contributed by atoms with E-state index in [1.54, 1.807) is 18.3 Å². The van der Waals surface area contributed by atoms with E-state index in [9.17, 15) is 9.59 Å². The monoisotopic (exact) mass is 329 g/mol. The summed E-state index contributed by atoms with van der Waals surface area (Å²) in [6.45, 7) is 0.385. The number of aromatic nitrogens is 2. The molecule has 0 bridgehead atoms. The summed E-state index contributed by atoms with van der Waals surface area (Å²) in [7, 11) is 0. The molecule has 0 aliphatic rings. The molecule has 3 aromatic rings. The van der Waals surface area contributed by atoms with E-state index in [0.29, 0.717) is 28.3 Å². The first-order valence-corrected chi connectivity index (χ1v) is 7.16. The van der Waals surface area contributed by atoms with Crippen LogP contribution in [0.25, 0.3) is 10.9 Å². The van der Waals surface area contributed by atoms with Crippen molar-refractivity contribution in [2.75, 3.05) is 5.32 Å². The van der Waals surface area contributed by atoms with E-state index < -0.39 is 11.5 Å². The van der Waals surface area contributed by atoms with E-state index in [1.807, 2.05) is 18.2 Å². The molecule has 1 aromatic carbocycles. The number of fused-ring (bicyclic) bond motifs is 1. The molecule has 0 saturated carbocycles. The molecule has 0 spiro atoms. The Morgan fingerprint density at radius 3 is 2.83 bits per heavy atom. The van der Waals surface area contributed by atoms with Crippen molar-refractivity contribution in [1.82, 2.24) is 9.97 Å². The second-order valence-corrected chi connectivity index (χ2v) is 5.35. The fraction of sp³-hybridized carbons (Fsp3) is 0.0625. The zero-order valence-electron chi connectivity index (χ0n) is 11.8. The van der Waals surface area contributed by atoms with Gasteiger partial charge in [-0.3, -0.25) is 4.79 Å². The molecule has 7 heteroatoms. The van der Waals surface area contributed by atoms with Gasteiger partial charge in [0.1, 0.15) is 11.4 Å². The van der Waals surface area contributed by atoms with Gasteiger partial charge in [-0.25, -0.2) is 9.78 Å². The van der Waals surface area contributed by atoms with Crippen LogP contribution in [0.15, 0.2) is 47.4 Å². The first-order valence-electron chi connectivity index (χ1n) is 6.78. The molecule has 0 fully saturated rings. The number of anilines is 1. The van der Waals surface area contributed by atoms with Gasteiger partial charge < -0.3 is 15.4 Å².